The number of hydrogen-bond acceptors (Lipinski definition) is 1. The number of unbranched alkanes of at least 4 members (excludes halogenated alkanes) is 3. The first kappa shape index (κ1) is 15.5. The van der Waals surface area contributed by atoms with E-state index in [1.54, 1.807) is 6.92 Å². The average Bonchev–Trinajstić information content (AvgIpc) is 2.23. The summed E-state index contributed by atoms with van der Waals surface area (Å²) < 4.78 is 0. The van der Waals surface area contributed by atoms with Crippen LogP contribution in [0, 0.1) is 11.8 Å². The molecule has 0 aromatic heterocycles. The molecule has 1 N–H and O–H groups in total. The van der Waals surface area contributed by atoms with Crippen LogP contribution in [0.25, 0.3) is 0 Å². The van der Waals surface area contributed by atoms with Crippen molar-refractivity contribution in [2.24, 2.45) is 11.8 Å². The molecule has 0 bridgehead atoms. The van der Waals surface area contributed by atoms with Gasteiger partial charge < -0.3 is 5.11 Å². The predicted molar refractivity (Wildman–Crippen MR) is 68.6 cm³/mol. The van der Waals surface area contributed by atoms with Crippen molar-refractivity contribution in [3.63, 3.8) is 0 Å². The molecule has 2 unspecified atom stereocenters. The first-order valence-corrected chi connectivity index (χ1v) is 6.80. The predicted octanol–water partition coefficient (Wildman–Crippen LogP) is 4.48. The van der Waals surface area contributed by atoms with Crippen LogP contribution in [0.5, 0.6) is 0 Å². The molecule has 0 fully saturated rings. The van der Waals surface area contributed by atoms with Gasteiger partial charge in [-0.1, -0.05) is 65.7 Å². The smallest absolute Gasteiger partial charge is 0.306 e. The van der Waals surface area contributed by atoms with E-state index in [1.807, 2.05) is 0 Å². The van der Waals surface area contributed by atoms with Crippen molar-refractivity contribution >= 4 is 5.97 Å². The highest BCUT2D eigenvalue weighted by Gasteiger charge is 2.09. The van der Waals surface area contributed by atoms with Gasteiger partial charge in [-0.2, -0.15) is 0 Å². The summed E-state index contributed by atoms with van der Waals surface area (Å²) in [7, 11) is 0. The van der Waals surface area contributed by atoms with Crippen LogP contribution in [0.3, 0.4) is 0 Å². The highest BCUT2D eigenvalue weighted by atomic mass is 16.4. The number of hydrogen-bond donors (Lipinski definition) is 1. The Morgan fingerprint density at radius 2 is 1.56 bits per heavy atom. The molecule has 0 aromatic carbocycles. The molecule has 0 heterocycles. The molecule has 2 atom stereocenters. The van der Waals surface area contributed by atoms with E-state index in [-0.39, 0.29) is 5.92 Å². The monoisotopic (exact) mass is 228 g/mol. The van der Waals surface area contributed by atoms with Gasteiger partial charge in [0.1, 0.15) is 0 Å². The number of carbonyl (C=O) groups is 1. The largest absolute Gasteiger partial charge is 0.481 e. The highest BCUT2D eigenvalue weighted by Crippen LogP contribution is 2.16. The Morgan fingerprint density at radius 3 is 2.06 bits per heavy atom. The molecular formula is C14H28O2. The summed E-state index contributed by atoms with van der Waals surface area (Å²) in [6.45, 7) is 6.37. The summed E-state index contributed by atoms with van der Waals surface area (Å²) in [5, 5.41) is 8.72. The van der Waals surface area contributed by atoms with Gasteiger partial charge in [-0.15, -0.1) is 0 Å². The van der Waals surface area contributed by atoms with Crippen molar-refractivity contribution in [3.05, 3.63) is 0 Å². The molecule has 0 aliphatic carbocycles. The molecule has 0 saturated heterocycles. The first-order valence-electron chi connectivity index (χ1n) is 6.80. The second kappa shape index (κ2) is 9.68. The number of carboxylic acids is 1. The molecule has 0 rings (SSSR count). The maximum atomic E-state index is 10.6. The number of rotatable bonds is 10. The summed E-state index contributed by atoms with van der Waals surface area (Å²) in [6, 6.07) is 0. The topological polar surface area (TPSA) is 37.3 Å². The van der Waals surface area contributed by atoms with Crippen molar-refractivity contribution in [1.29, 1.82) is 0 Å². The standard InChI is InChI=1S/C14H28O2/c1-4-9-12(2)10-7-5-6-8-11-13(3)14(15)16/h12-13H,4-11H2,1-3H3,(H,15,16). The Balaban J connectivity index is 3.24. The van der Waals surface area contributed by atoms with Crippen molar-refractivity contribution < 1.29 is 9.90 Å². The third-order valence-electron chi connectivity index (χ3n) is 3.29. The summed E-state index contributed by atoms with van der Waals surface area (Å²) in [4.78, 5) is 10.6. The molecule has 96 valence electrons. The lowest BCUT2D eigenvalue weighted by Gasteiger charge is -2.09. The van der Waals surface area contributed by atoms with Gasteiger partial charge >= 0.3 is 5.97 Å². The quantitative estimate of drug-likeness (QED) is 0.560. The van der Waals surface area contributed by atoms with Crippen molar-refractivity contribution in [1.82, 2.24) is 0 Å². The summed E-state index contributed by atoms with van der Waals surface area (Å²) in [5.41, 5.74) is 0. The maximum absolute atomic E-state index is 10.6. The first-order chi connectivity index (χ1) is 7.57. The molecule has 0 saturated carbocycles. The number of carboxylic acid groups (broad SMARTS) is 1. The van der Waals surface area contributed by atoms with E-state index in [4.69, 9.17) is 5.11 Å². The summed E-state index contributed by atoms with van der Waals surface area (Å²) in [6.07, 6.45) is 9.63. The normalized spacial score (nSPS) is 14.7. The van der Waals surface area contributed by atoms with Crippen LogP contribution < -0.4 is 0 Å². The zero-order valence-electron chi connectivity index (χ0n) is 11.2. The van der Waals surface area contributed by atoms with E-state index in [9.17, 15) is 4.79 Å². The van der Waals surface area contributed by atoms with Gasteiger partial charge in [0, 0.05) is 0 Å². The Morgan fingerprint density at radius 1 is 1.00 bits per heavy atom. The fraction of sp³-hybridized carbons (Fsp3) is 0.929. The van der Waals surface area contributed by atoms with Crippen LogP contribution in [-0.4, -0.2) is 11.1 Å². The SMILES string of the molecule is CCCC(C)CCCCCCC(C)C(=O)O. The minimum atomic E-state index is -0.656. The minimum absolute atomic E-state index is 0.168. The average molecular weight is 228 g/mol. The Hall–Kier alpha value is -0.530. The Bertz CT molecular complexity index is 178. The highest BCUT2D eigenvalue weighted by molar-refractivity contribution is 5.69. The third kappa shape index (κ3) is 8.75. The molecule has 0 aliphatic rings. The lowest BCUT2D eigenvalue weighted by molar-refractivity contribution is -0.141. The van der Waals surface area contributed by atoms with Crippen molar-refractivity contribution in [2.45, 2.75) is 72.1 Å². The van der Waals surface area contributed by atoms with Gasteiger partial charge in [0.2, 0.25) is 0 Å². The lowest BCUT2D eigenvalue weighted by Crippen LogP contribution is -2.08. The van der Waals surface area contributed by atoms with Gasteiger partial charge in [0.15, 0.2) is 0 Å². The van der Waals surface area contributed by atoms with Crippen molar-refractivity contribution in [2.75, 3.05) is 0 Å². The second-order valence-corrected chi connectivity index (χ2v) is 5.12. The molecular weight excluding hydrogens is 200 g/mol. The van der Waals surface area contributed by atoms with E-state index in [1.165, 1.54) is 38.5 Å². The zero-order valence-corrected chi connectivity index (χ0v) is 11.2. The third-order valence-corrected chi connectivity index (χ3v) is 3.29. The van der Waals surface area contributed by atoms with E-state index < -0.39 is 5.97 Å². The van der Waals surface area contributed by atoms with Gasteiger partial charge in [0.25, 0.3) is 0 Å². The van der Waals surface area contributed by atoms with Crippen LogP contribution in [0.1, 0.15) is 72.1 Å². The van der Waals surface area contributed by atoms with E-state index in [0.29, 0.717) is 0 Å². The fourth-order valence-corrected chi connectivity index (χ4v) is 2.06. The molecule has 0 amide bonds. The molecule has 0 radical (unpaired) electrons. The summed E-state index contributed by atoms with van der Waals surface area (Å²) >= 11 is 0. The fourth-order valence-electron chi connectivity index (χ4n) is 2.06. The van der Waals surface area contributed by atoms with E-state index >= 15 is 0 Å². The zero-order chi connectivity index (χ0) is 12.4. The van der Waals surface area contributed by atoms with E-state index in [0.717, 1.165) is 18.8 Å². The molecule has 2 heteroatoms. The van der Waals surface area contributed by atoms with Crippen LogP contribution in [0.2, 0.25) is 0 Å². The molecule has 16 heavy (non-hydrogen) atoms. The van der Waals surface area contributed by atoms with Crippen molar-refractivity contribution in [3.8, 4) is 0 Å². The summed E-state index contributed by atoms with van der Waals surface area (Å²) in [5.74, 6) is 0.0403. The second-order valence-electron chi connectivity index (χ2n) is 5.12. The molecule has 2 nitrogen and oxygen atoms in total. The Kier molecular flexibility index (Phi) is 9.36. The van der Waals surface area contributed by atoms with Crippen LogP contribution >= 0.6 is 0 Å². The van der Waals surface area contributed by atoms with Gasteiger partial charge in [-0.3, -0.25) is 4.79 Å². The molecule has 0 aliphatic heterocycles. The molecule has 0 aromatic rings. The van der Waals surface area contributed by atoms with Crippen LogP contribution in [0.15, 0.2) is 0 Å². The lowest BCUT2D eigenvalue weighted by atomic mass is 9.97. The number of aliphatic carboxylic acids is 1. The van der Waals surface area contributed by atoms with Crippen LogP contribution in [-0.2, 0) is 4.79 Å². The van der Waals surface area contributed by atoms with Gasteiger partial charge in [-0.25, -0.2) is 0 Å². The minimum Gasteiger partial charge on any atom is -0.481 e. The Labute approximate surface area is 100 Å². The maximum Gasteiger partial charge on any atom is 0.306 e. The van der Waals surface area contributed by atoms with Gasteiger partial charge in [0.05, 0.1) is 5.92 Å². The van der Waals surface area contributed by atoms with Gasteiger partial charge in [-0.05, 0) is 12.3 Å². The molecule has 0 spiro atoms. The van der Waals surface area contributed by atoms with E-state index in [2.05, 4.69) is 13.8 Å². The van der Waals surface area contributed by atoms with Crippen LogP contribution in [0.4, 0.5) is 0 Å².